The molecular weight excluding hydrogens is 328 g/mol. The Morgan fingerprint density at radius 3 is 2.77 bits per heavy atom. The number of rotatable bonds is 6. The lowest BCUT2D eigenvalue weighted by atomic mass is 10.2. The van der Waals surface area contributed by atoms with Crippen LogP contribution in [-0.2, 0) is 17.9 Å². The molecule has 6 heteroatoms. The van der Waals surface area contributed by atoms with Gasteiger partial charge in [0.05, 0.1) is 17.2 Å². The molecule has 1 N–H and O–H groups in total. The average Bonchev–Trinajstić information content (AvgIpc) is 3.52. The van der Waals surface area contributed by atoms with Crippen molar-refractivity contribution in [2.75, 3.05) is 0 Å². The van der Waals surface area contributed by atoms with Gasteiger partial charge in [0.15, 0.2) is 0 Å². The van der Waals surface area contributed by atoms with Crippen LogP contribution in [0.5, 0.6) is 0 Å². The van der Waals surface area contributed by atoms with E-state index >= 15 is 0 Å². The van der Waals surface area contributed by atoms with Crippen LogP contribution < -0.4 is 10.9 Å². The first kappa shape index (κ1) is 16.4. The first-order chi connectivity index (χ1) is 12.7. The molecule has 1 fully saturated rings. The number of hydrogen-bond acceptors (Lipinski definition) is 4. The molecule has 2 heterocycles. The van der Waals surface area contributed by atoms with Crippen molar-refractivity contribution < 1.29 is 4.79 Å². The molecule has 2 aromatic heterocycles. The number of carbonyl (C=O) groups is 1. The Balaban J connectivity index is 1.32. The van der Waals surface area contributed by atoms with Crippen LogP contribution >= 0.6 is 0 Å². The molecule has 1 aromatic carbocycles. The molecule has 0 spiro atoms. The summed E-state index contributed by atoms with van der Waals surface area (Å²) in [6.45, 7) is 0.753. The van der Waals surface area contributed by atoms with Crippen molar-refractivity contribution in [1.29, 1.82) is 0 Å². The average molecular weight is 348 g/mol. The third-order valence-corrected chi connectivity index (χ3v) is 4.64. The topological polar surface area (TPSA) is 76.9 Å². The highest BCUT2D eigenvalue weighted by Crippen LogP contribution is 2.38. The molecule has 0 bridgehead atoms. The Kier molecular flexibility index (Phi) is 4.48. The summed E-state index contributed by atoms with van der Waals surface area (Å²) in [5.41, 5.74) is 2.67. The highest BCUT2D eigenvalue weighted by atomic mass is 16.1. The van der Waals surface area contributed by atoms with Gasteiger partial charge in [0, 0.05) is 37.3 Å². The number of para-hydroxylation sites is 1. The Morgan fingerprint density at radius 1 is 1.15 bits per heavy atom. The van der Waals surface area contributed by atoms with Crippen LogP contribution in [-0.4, -0.2) is 20.4 Å². The van der Waals surface area contributed by atoms with Crippen LogP contribution in [0.3, 0.4) is 0 Å². The van der Waals surface area contributed by atoms with Gasteiger partial charge in [0.2, 0.25) is 5.91 Å². The van der Waals surface area contributed by atoms with E-state index in [1.807, 2.05) is 30.5 Å². The van der Waals surface area contributed by atoms with Gasteiger partial charge in [-0.05, 0) is 36.6 Å². The second-order valence-corrected chi connectivity index (χ2v) is 6.65. The first-order valence-corrected chi connectivity index (χ1v) is 8.86. The number of fused-ring (bicyclic) bond motifs is 1. The molecule has 0 unspecified atom stereocenters. The predicted octanol–water partition coefficient (Wildman–Crippen LogP) is 2.38. The van der Waals surface area contributed by atoms with E-state index < -0.39 is 0 Å². The lowest BCUT2D eigenvalue weighted by Crippen LogP contribution is -2.27. The van der Waals surface area contributed by atoms with Crippen molar-refractivity contribution in [3.8, 4) is 0 Å². The SMILES string of the molecule is O=C(CCn1cnc2ccccc2c1=O)NCc1ccc(C2CC2)nc1. The molecule has 1 aliphatic rings. The summed E-state index contributed by atoms with van der Waals surface area (Å²) >= 11 is 0. The van der Waals surface area contributed by atoms with Crippen molar-refractivity contribution in [3.63, 3.8) is 0 Å². The van der Waals surface area contributed by atoms with E-state index in [9.17, 15) is 9.59 Å². The summed E-state index contributed by atoms with van der Waals surface area (Å²) in [5.74, 6) is 0.531. The smallest absolute Gasteiger partial charge is 0.261 e. The Morgan fingerprint density at radius 2 is 2.00 bits per heavy atom. The first-order valence-electron chi connectivity index (χ1n) is 8.86. The summed E-state index contributed by atoms with van der Waals surface area (Å²) in [6, 6.07) is 11.3. The fraction of sp³-hybridized carbons (Fsp3) is 0.300. The largest absolute Gasteiger partial charge is 0.352 e. The van der Waals surface area contributed by atoms with E-state index in [1.54, 1.807) is 12.1 Å². The van der Waals surface area contributed by atoms with Crippen LogP contribution in [0.25, 0.3) is 10.9 Å². The second-order valence-electron chi connectivity index (χ2n) is 6.65. The zero-order chi connectivity index (χ0) is 17.9. The van der Waals surface area contributed by atoms with Gasteiger partial charge in [0.25, 0.3) is 5.56 Å². The van der Waals surface area contributed by atoms with Crippen LogP contribution in [0.2, 0.25) is 0 Å². The molecule has 1 saturated carbocycles. The van der Waals surface area contributed by atoms with Crippen molar-refractivity contribution in [3.05, 3.63) is 70.5 Å². The van der Waals surface area contributed by atoms with Crippen molar-refractivity contribution in [1.82, 2.24) is 19.9 Å². The molecule has 0 saturated heterocycles. The van der Waals surface area contributed by atoms with Crippen molar-refractivity contribution in [2.45, 2.75) is 38.3 Å². The molecule has 6 nitrogen and oxygen atoms in total. The quantitative estimate of drug-likeness (QED) is 0.742. The number of nitrogens with one attached hydrogen (secondary N) is 1. The minimum atomic E-state index is -0.122. The molecule has 3 aromatic rings. The van der Waals surface area contributed by atoms with Crippen molar-refractivity contribution in [2.24, 2.45) is 0 Å². The molecule has 132 valence electrons. The maximum atomic E-state index is 12.4. The van der Waals surface area contributed by atoms with Gasteiger partial charge >= 0.3 is 0 Å². The van der Waals surface area contributed by atoms with Crippen LogP contribution in [0, 0.1) is 0 Å². The van der Waals surface area contributed by atoms with Gasteiger partial charge in [-0.3, -0.25) is 19.1 Å². The molecular formula is C20H20N4O2. The zero-order valence-corrected chi connectivity index (χ0v) is 14.4. The summed E-state index contributed by atoms with van der Waals surface area (Å²) < 4.78 is 1.48. The van der Waals surface area contributed by atoms with Gasteiger partial charge in [-0.15, -0.1) is 0 Å². The van der Waals surface area contributed by atoms with Gasteiger partial charge in [0.1, 0.15) is 0 Å². The highest BCUT2D eigenvalue weighted by molar-refractivity contribution is 5.77. The van der Waals surface area contributed by atoms with E-state index in [-0.39, 0.29) is 17.9 Å². The number of nitrogens with zero attached hydrogens (tertiary/aromatic N) is 3. The van der Waals surface area contributed by atoms with Crippen LogP contribution in [0.15, 0.2) is 53.7 Å². The molecule has 0 radical (unpaired) electrons. The van der Waals surface area contributed by atoms with E-state index in [1.165, 1.54) is 23.7 Å². The number of pyridine rings is 1. The zero-order valence-electron chi connectivity index (χ0n) is 14.4. The summed E-state index contributed by atoms with van der Waals surface area (Å²) in [4.78, 5) is 33.2. The minimum Gasteiger partial charge on any atom is -0.352 e. The van der Waals surface area contributed by atoms with Gasteiger partial charge in [-0.25, -0.2) is 4.98 Å². The van der Waals surface area contributed by atoms with Crippen LogP contribution in [0.4, 0.5) is 0 Å². The minimum absolute atomic E-state index is 0.101. The third kappa shape index (κ3) is 3.64. The summed E-state index contributed by atoms with van der Waals surface area (Å²) in [6.07, 6.45) is 6.01. The number of hydrogen-bond donors (Lipinski definition) is 1. The molecule has 1 amide bonds. The molecule has 0 atom stereocenters. The number of aryl methyl sites for hydroxylation is 1. The fourth-order valence-electron chi connectivity index (χ4n) is 2.94. The Labute approximate surface area is 150 Å². The number of benzene rings is 1. The van der Waals surface area contributed by atoms with Gasteiger partial charge in [-0.1, -0.05) is 18.2 Å². The van der Waals surface area contributed by atoms with Crippen LogP contribution in [0.1, 0.15) is 36.4 Å². The predicted molar refractivity (Wildman–Crippen MR) is 98.7 cm³/mol. The van der Waals surface area contributed by atoms with Gasteiger partial charge < -0.3 is 5.32 Å². The Bertz CT molecular complexity index is 991. The van der Waals surface area contributed by atoms with E-state index in [4.69, 9.17) is 0 Å². The number of carbonyl (C=O) groups excluding carboxylic acids is 1. The summed E-state index contributed by atoms with van der Waals surface area (Å²) in [5, 5.41) is 3.44. The normalized spacial score (nSPS) is 13.7. The van der Waals surface area contributed by atoms with Crippen molar-refractivity contribution >= 4 is 16.8 Å². The monoisotopic (exact) mass is 348 g/mol. The highest BCUT2D eigenvalue weighted by Gasteiger charge is 2.24. The lowest BCUT2D eigenvalue weighted by Gasteiger charge is -2.08. The summed E-state index contributed by atoms with van der Waals surface area (Å²) in [7, 11) is 0. The maximum absolute atomic E-state index is 12.4. The third-order valence-electron chi connectivity index (χ3n) is 4.64. The van der Waals surface area contributed by atoms with Gasteiger partial charge in [-0.2, -0.15) is 0 Å². The standard InChI is InChI=1S/C20H20N4O2/c25-19(22-12-14-5-8-17(21-11-14)15-6-7-15)9-10-24-13-23-18-4-2-1-3-16(18)20(24)26/h1-5,8,11,13,15H,6-7,9-10,12H2,(H,22,25). The molecule has 26 heavy (non-hydrogen) atoms. The second kappa shape index (κ2) is 7.07. The molecule has 1 aliphatic carbocycles. The lowest BCUT2D eigenvalue weighted by molar-refractivity contribution is -0.121. The molecule has 0 aliphatic heterocycles. The number of amides is 1. The Hall–Kier alpha value is -3.02. The molecule has 4 rings (SSSR count). The van der Waals surface area contributed by atoms with E-state index in [0.717, 1.165) is 11.3 Å². The number of aromatic nitrogens is 3. The van der Waals surface area contributed by atoms with E-state index in [2.05, 4.69) is 15.3 Å². The van der Waals surface area contributed by atoms with E-state index in [0.29, 0.717) is 29.9 Å². The maximum Gasteiger partial charge on any atom is 0.261 e. The fourth-order valence-corrected chi connectivity index (χ4v) is 2.94.